The number of primary amides is 1. The van der Waals surface area contributed by atoms with E-state index < -0.39 is 0 Å². The lowest BCUT2D eigenvalue weighted by Gasteiger charge is -1.98. The summed E-state index contributed by atoms with van der Waals surface area (Å²) >= 11 is 0. The van der Waals surface area contributed by atoms with Gasteiger partial charge in [-0.3, -0.25) is 4.79 Å². The van der Waals surface area contributed by atoms with E-state index in [-0.39, 0.29) is 12.5 Å². The zero-order valence-electron chi connectivity index (χ0n) is 8.82. The first-order valence-corrected chi connectivity index (χ1v) is 5.24. The third-order valence-electron chi connectivity index (χ3n) is 2.76. The van der Waals surface area contributed by atoms with Crippen LogP contribution in [0.15, 0.2) is 16.5 Å². The number of amides is 1. The molecule has 0 saturated heterocycles. The van der Waals surface area contributed by atoms with Gasteiger partial charge in [-0.1, -0.05) is 6.92 Å². The van der Waals surface area contributed by atoms with Gasteiger partial charge in [-0.05, 0) is 24.5 Å². The molecule has 1 aliphatic carbocycles. The molecule has 0 radical (unpaired) electrons. The van der Waals surface area contributed by atoms with Gasteiger partial charge in [0.1, 0.15) is 11.5 Å². The molecule has 1 aliphatic rings. The van der Waals surface area contributed by atoms with E-state index in [4.69, 9.17) is 10.2 Å². The van der Waals surface area contributed by atoms with Gasteiger partial charge in [0.2, 0.25) is 5.91 Å². The minimum atomic E-state index is -0.349. The summed E-state index contributed by atoms with van der Waals surface area (Å²) in [5.41, 5.74) is 5.01. The monoisotopic (exact) mass is 208 g/mol. The van der Waals surface area contributed by atoms with Crippen LogP contribution in [-0.4, -0.2) is 12.5 Å². The Balaban J connectivity index is 1.82. The van der Waals surface area contributed by atoms with E-state index in [1.807, 2.05) is 12.1 Å². The molecular formula is C11H16N2O2. The number of carbonyl (C=O) groups excluding carboxylic acids is 1. The smallest absolute Gasteiger partial charge is 0.231 e. The fraction of sp³-hybridized carbons (Fsp3) is 0.545. The Morgan fingerprint density at radius 1 is 1.67 bits per heavy atom. The lowest BCUT2D eigenvalue weighted by Crippen LogP contribution is -2.27. The fourth-order valence-electron chi connectivity index (χ4n) is 1.72. The summed E-state index contributed by atoms with van der Waals surface area (Å²) in [6.45, 7) is 2.97. The average molecular weight is 208 g/mol. The highest BCUT2D eigenvalue weighted by atomic mass is 16.3. The van der Waals surface area contributed by atoms with Crippen LogP contribution in [0, 0.1) is 5.92 Å². The van der Waals surface area contributed by atoms with Crippen LogP contribution >= 0.6 is 0 Å². The predicted octanol–water partition coefficient (Wildman–Crippen LogP) is 0.978. The van der Waals surface area contributed by atoms with Crippen molar-refractivity contribution in [3.8, 4) is 0 Å². The summed E-state index contributed by atoms with van der Waals surface area (Å²) in [5, 5.41) is 2.92. The van der Waals surface area contributed by atoms with Gasteiger partial charge in [0.05, 0.1) is 13.1 Å². The van der Waals surface area contributed by atoms with Crippen molar-refractivity contribution in [2.75, 3.05) is 6.54 Å². The van der Waals surface area contributed by atoms with Gasteiger partial charge in [-0.2, -0.15) is 0 Å². The maximum absolute atomic E-state index is 10.5. The first kappa shape index (κ1) is 10.2. The lowest BCUT2D eigenvalue weighted by atomic mass is 10.3. The highest BCUT2D eigenvalue weighted by Crippen LogP contribution is 2.47. The Hall–Kier alpha value is -1.29. The Labute approximate surface area is 88.8 Å². The van der Waals surface area contributed by atoms with Gasteiger partial charge < -0.3 is 15.5 Å². The largest absolute Gasteiger partial charge is 0.464 e. The molecule has 1 aromatic heterocycles. The Kier molecular flexibility index (Phi) is 2.77. The summed E-state index contributed by atoms with van der Waals surface area (Å²) in [5.74, 6) is 2.94. The maximum Gasteiger partial charge on any atom is 0.231 e. The van der Waals surface area contributed by atoms with Gasteiger partial charge in [-0.15, -0.1) is 0 Å². The molecule has 0 spiro atoms. The molecule has 0 aromatic carbocycles. The van der Waals surface area contributed by atoms with E-state index >= 15 is 0 Å². The highest BCUT2D eigenvalue weighted by Gasteiger charge is 2.36. The second-order valence-corrected chi connectivity index (χ2v) is 4.19. The standard InChI is InChI=1S/C11H16N2O2/c1-7-4-9(7)10-3-2-8(15-10)5-13-6-11(12)14/h2-3,7,9,13H,4-6H2,1H3,(H2,12,14). The van der Waals surface area contributed by atoms with Crippen LogP contribution in [0.4, 0.5) is 0 Å². The molecule has 1 aromatic rings. The van der Waals surface area contributed by atoms with Crippen LogP contribution in [0.2, 0.25) is 0 Å². The molecule has 0 aliphatic heterocycles. The summed E-state index contributed by atoms with van der Waals surface area (Å²) in [6, 6.07) is 3.98. The SMILES string of the molecule is CC1CC1c1ccc(CNCC(N)=O)o1. The summed E-state index contributed by atoms with van der Waals surface area (Å²) < 4.78 is 5.65. The number of rotatable bonds is 5. The van der Waals surface area contributed by atoms with Crippen molar-refractivity contribution in [1.82, 2.24) is 5.32 Å². The Bertz CT molecular complexity index is 359. The lowest BCUT2D eigenvalue weighted by molar-refractivity contribution is -0.117. The second kappa shape index (κ2) is 4.06. The van der Waals surface area contributed by atoms with Crippen molar-refractivity contribution in [1.29, 1.82) is 0 Å². The molecular weight excluding hydrogens is 192 g/mol. The van der Waals surface area contributed by atoms with Crippen molar-refractivity contribution in [3.63, 3.8) is 0 Å². The zero-order chi connectivity index (χ0) is 10.8. The normalized spacial score (nSPS) is 24.1. The topological polar surface area (TPSA) is 68.3 Å². The van der Waals surface area contributed by atoms with E-state index in [9.17, 15) is 4.79 Å². The molecule has 15 heavy (non-hydrogen) atoms. The van der Waals surface area contributed by atoms with Crippen LogP contribution < -0.4 is 11.1 Å². The quantitative estimate of drug-likeness (QED) is 0.757. The Morgan fingerprint density at radius 2 is 2.40 bits per heavy atom. The number of nitrogens with one attached hydrogen (secondary N) is 1. The molecule has 1 saturated carbocycles. The van der Waals surface area contributed by atoms with Gasteiger partial charge >= 0.3 is 0 Å². The Morgan fingerprint density at radius 3 is 3.00 bits per heavy atom. The number of furan rings is 1. The molecule has 4 heteroatoms. The molecule has 0 bridgehead atoms. The van der Waals surface area contributed by atoms with Crippen molar-refractivity contribution >= 4 is 5.91 Å². The summed E-state index contributed by atoms with van der Waals surface area (Å²) in [6.07, 6.45) is 1.22. The molecule has 4 nitrogen and oxygen atoms in total. The van der Waals surface area contributed by atoms with E-state index in [0.29, 0.717) is 12.5 Å². The first-order valence-electron chi connectivity index (χ1n) is 5.24. The molecule has 2 rings (SSSR count). The molecule has 2 atom stereocenters. The van der Waals surface area contributed by atoms with Crippen LogP contribution in [0.3, 0.4) is 0 Å². The van der Waals surface area contributed by atoms with E-state index in [0.717, 1.165) is 17.4 Å². The van der Waals surface area contributed by atoms with Crippen LogP contribution in [0.25, 0.3) is 0 Å². The number of nitrogens with two attached hydrogens (primary N) is 1. The fourth-order valence-corrected chi connectivity index (χ4v) is 1.72. The number of hydrogen-bond acceptors (Lipinski definition) is 3. The van der Waals surface area contributed by atoms with E-state index in [1.165, 1.54) is 6.42 Å². The zero-order valence-corrected chi connectivity index (χ0v) is 8.82. The molecule has 3 N–H and O–H groups in total. The van der Waals surface area contributed by atoms with Crippen molar-refractivity contribution < 1.29 is 9.21 Å². The molecule has 1 amide bonds. The van der Waals surface area contributed by atoms with Crippen molar-refractivity contribution in [2.24, 2.45) is 11.7 Å². The highest BCUT2D eigenvalue weighted by molar-refractivity contribution is 5.75. The van der Waals surface area contributed by atoms with E-state index in [2.05, 4.69) is 12.2 Å². The van der Waals surface area contributed by atoms with Gasteiger partial charge in [0, 0.05) is 5.92 Å². The molecule has 1 heterocycles. The van der Waals surface area contributed by atoms with Crippen LogP contribution in [0.1, 0.15) is 30.8 Å². The van der Waals surface area contributed by atoms with Crippen LogP contribution in [0.5, 0.6) is 0 Å². The van der Waals surface area contributed by atoms with Gasteiger partial charge in [0.15, 0.2) is 0 Å². The van der Waals surface area contributed by atoms with E-state index in [1.54, 1.807) is 0 Å². The molecule has 1 fully saturated rings. The molecule has 2 unspecified atom stereocenters. The van der Waals surface area contributed by atoms with Crippen molar-refractivity contribution in [3.05, 3.63) is 23.7 Å². The first-order chi connectivity index (χ1) is 7.16. The maximum atomic E-state index is 10.5. The third-order valence-corrected chi connectivity index (χ3v) is 2.76. The summed E-state index contributed by atoms with van der Waals surface area (Å²) in [7, 11) is 0. The minimum absolute atomic E-state index is 0.190. The average Bonchev–Trinajstić information content (AvgIpc) is 2.73. The third kappa shape index (κ3) is 2.59. The number of hydrogen-bond donors (Lipinski definition) is 2. The van der Waals surface area contributed by atoms with Crippen LogP contribution in [-0.2, 0) is 11.3 Å². The predicted molar refractivity (Wildman–Crippen MR) is 56.1 cm³/mol. The van der Waals surface area contributed by atoms with Crippen molar-refractivity contribution in [2.45, 2.75) is 25.8 Å². The van der Waals surface area contributed by atoms with Gasteiger partial charge in [0.25, 0.3) is 0 Å². The number of carbonyl (C=O) groups is 1. The second-order valence-electron chi connectivity index (χ2n) is 4.19. The summed E-state index contributed by atoms with van der Waals surface area (Å²) in [4.78, 5) is 10.5. The van der Waals surface area contributed by atoms with Gasteiger partial charge in [-0.25, -0.2) is 0 Å². The molecule has 82 valence electrons. The minimum Gasteiger partial charge on any atom is -0.464 e.